The summed E-state index contributed by atoms with van der Waals surface area (Å²) in [7, 11) is 0. The van der Waals surface area contributed by atoms with Gasteiger partial charge in [-0.1, -0.05) is 12.1 Å². The quantitative estimate of drug-likeness (QED) is 0.752. The van der Waals surface area contributed by atoms with Crippen LogP contribution in [0.2, 0.25) is 0 Å². The topological polar surface area (TPSA) is 81.1 Å². The highest BCUT2D eigenvalue weighted by molar-refractivity contribution is 5.88. The Hall–Kier alpha value is -1.10. The van der Waals surface area contributed by atoms with Gasteiger partial charge in [0.25, 0.3) is 0 Å². The summed E-state index contributed by atoms with van der Waals surface area (Å²) in [6.45, 7) is 2.15. The van der Waals surface area contributed by atoms with Crippen LogP contribution in [0.3, 0.4) is 0 Å². The monoisotopic (exact) mass is 257 g/mol. The number of hydrogen-bond donors (Lipinski definition) is 3. The van der Waals surface area contributed by atoms with Crippen molar-refractivity contribution in [3.8, 4) is 0 Å². The zero-order valence-corrected chi connectivity index (χ0v) is 10.8. The molecule has 1 aromatic rings. The van der Waals surface area contributed by atoms with Crippen LogP contribution in [-0.2, 0) is 4.79 Å². The molecule has 0 saturated carbocycles. The molecule has 1 amide bonds. The fraction of sp³-hybridized carbons (Fsp3) is 0.417. The minimum absolute atomic E-state index is 0. The van der Waals surface area contributed by atoms with Gasteiger partial charge < -0.3 is 16.8 Å². The van der Waals surface area contributed by atoms with Crippen LogP contribution in [0, 0.1) is 0 Å². The normalized spacial score (nSPS) is 11.5. The highest BCUT2D eigenvalue weighted by Gasteiger charge is 2.05. The van der Waals surface area contributed by atoms with E-state index in [2.05, 4.69) is 5.32 Å². The molecule has 0 aliphatic carbocycles. The summed E-state index contributed by atoms with van der Waals surface area (Å²) in [4.78, 5) is 10.8. The average molecular weight is 258 g/mol. The molecule has 0 fully saturated rings. The Kier molecular flexibility index (Phi) is 7.54. The lowest BCUT2D eigenvalue weighted by atomic mass is 10.0. The second kappa shape index (κ2) is 8.06. The van der Waals surface area contributed by atoms with E-state index in [1.54, 1.807) is 0 Å². The van der Waals surface area contributed by atoms with Crippen molar-refractivity contribution >= 4 is 24.0 Å². The first-order chi connectivity index (χ1) is 7.63. The molecule has 0 aromatic heterocycles. The number of carbonyl (C=O) groups is 1. The maximum atomic E-state index is 10.8. The van der Waals surface area contributed by atoms with Gasteiger partial charge in [-0.05, 0) is 37.1 Å². The van der Waals surface area contributed by atoms with Crippen LogP contribution in [0.1, 0.15) is 31.4 Å². The van der Waals surface area contributed by atoms with Gasteiger partial charge in [0, 0.05) is 18.7 Å². The van der Waals surface area contributed by atoms with Crippen molar-refractivity contribution in [1.29, 1.82) is 0 Å². The largest absolute Gasteiger partial charge is 0.330 e. The fourth-order valence-corrected chi connectivity index (χ4v) is 1.52. The zero-order chi connectivity index (χ0) is 12.0. The molecule has 0 aliphatic rings. The predicted octanol–water partition coefficient (Wildman–Crippen LogP) is 1.81. The number of carbonyl (C=O) groups excluding carboxylic acids is 1. The van der Waals surface area contributed by atoms with E-state index >= 15 is 0 Å². The van der Waals surface area contributed by atoms with E-state index in [1.165, 1.54) is 6.92 Å². The Morgan fingerprint density at radius 3 is 2.41 bits per heavy atom. The van der Waals surface area contributed by atoms with Crippen LogP contribution in [0.4, 0.5) is 5.69 Å². The van der Waals surface area contributed by atoms with E-state index in [4.69, 9.17) is 11.5 Å². The van der Waals surface area contributed by atoms with E-state index in [9.17, 15) is 4.79 Å². The first kappa shape index (κ1) is 15.9. The maximum absolute atomic E-state index is 10.8. The molecule has 5 N–H and O–H groups in total. The summed E-state index contributed by atoms with van der Waals surface area (Å²) in [5, 5.41) is 2.71. The van der Waals surface area contributed by atoms with Crippen molar-refractivity contribution in [3.63, 3.8) is 0 Å². The first-order valence-corrected chi connectivity index (χ1v) is 5.46. The van der Waals surface area contributed by atoms with Crippen molar-refractivity contribution in [2.24, 2.45) is 11.5 Å². The second-order valence-electron chi connectivity index (χ2n) is 3.84. The molecule has 0 spiro atoms. The van der Waals surface area contributed by atoms with Gasteiger partial charge >= 0.3 is 0 Å². The highest BCUT2D eigenvalue weighted by atomic mass is 35.5. The zero-order valence-electron chi connectivity index (χ0n) is 9.98. The standard InChI is InChI=1S/C12H19N3O.ClH/c1-9(16)15-11-6-4-10(5-7-11)12(14)3-2-8-13;/h4-7,12H,2-3,8,13-14H2,1H3,(H,15,16);1H/t12-;/m0./s1. The summed E-state index contributed by atoms with van der Waals surface area (Å²) < 4.78 is 0. The number of hydrogen-bond acceptors (Lipinski definition) is 3. The summed E-state index contributed by atoms with van der Waals surface area (Å²) >= 11 is 0. The molecule has 17 heavy (non-hydrogen) atoms. The van der Waals surface area contributed by atoms with Crippen LogP contribution in [0.25, 0.3) is 0 Å². The lowest BCUT2D eigenvalue weighted by Gasteiger charge is -2.12. The van der Waals surface area contributed by atoms with Gasteiger partial charge in [-0.25, -0.2) is 0 Å². The Morgan fingerprint density at radius 1 is 1.35 bits per heavy atom. The predicted molar refractivity (Wildman–Crippen MR) is 73.2 cm³/mol. The SMILES string of the molecule is CC(=O)Nc1ccc([C@@H](N)CCCN)cc1.Cl. The number of halogens is 1. The molecule has 1 rings (SSSR count). The van der Waals surface area contributed by atoms with Gasteiger partial charge in [-0.2, -0.15) is 0 Å². The summed E-state index contributed by atoms with van der Waals surface area (Å²) in [6.07, 6.45) is 1.81. The molecule has 1 atom stereocenters. The van der Waals surface area contributed by atoms with Gasteiger partial charge in [-0.3, -0.25) is 4.79 Å². The fourth-order valence-electron chi connectivity index (χ4n) is 1.52. The van der Waals surface area contributed by atoms with Crippen molar-refractivity contribution < 1.29 is 4.79 Å². The molecule has 5 heteroatoms. The number of nitrogens with two attached hydrogens (primary N) is 2. The minimum atomic E-state index is -0.0693. The van der Waals surface area contributed by atoms with Crippen LogP contribution < -0.4 is 16.8 Å². The minimum Gasteiger partial charge on any atom is -0.330 e. The third kappa shape index (κ3) is 5.68. The van der Waals surface area contributed by atoms with Gasteiger partial charge in [-0.15, -0.1) is 12.4 Å². The number of rotatable bonds is 5. The van der Waals surface area contributed by atoms with Crippen molar-refractivity contribution in [2.75, 3.05) is 11.9 Å². The van der Waals surface area contributed by atoms with Crippen LogP contribution in [0.5, 0.6) is 0 Å². The third-order valence-corrected chi connectivity index (χ3v) is 2.38. The molecule has 0 heterocycles. The number of amides is 1. The van der Waals surface area contributed by atoms with Gasteiger partial charge in [0.15, 0.2) is 0 Å². The number of benzene rings is 1. The molecule has 0 saturated heterocycles. The van der Waals surface area contributed by atoms with E-state index in [0.717, 1.165) is 24.1 Å². The first-order valence-electron chi connectivity index (χ1n) is 5.46. The molecular formula is C12H20ClN3O. The Labute approximate surface area is 108 Å². The van der Waals surface area contributed by atoms with E-state index in [-0.39, 0.29) is 24.4 Å². The lowest BCUT2D eigenvalue weighted by molar-refractivity contribution is -0.114. The molecular weight excluding hydrogens is 238 g/mol. The number of anilines is 1. The van der Waals surface area contributed by atoms with Crippen LogP contribution >= 0.6 is 12.4 Å². The maximum Gasteiger partial charge on any atom is 0.221 e. The van der Waals surface area contributed by atoms with E-state index < -0.39 is 0 Å². The summed E-state index contributed by atoms with van der Waals surface area (Å²) in [5.41, 5.74) is 13.3. The highest BCUT2D eigenvalue weighted by Crippen LogP contribution is 2.18. The number of nitrogens with one attached hydrogen (secondary N) is 1. The molecule has 4 nitrogen and oxygen atoms in total. The Bertz CT molecular complexity index is 340. The van der Waals surface area contributed by atoms with E-state index in [1.807, 2.05) is 24.3 Å². The Balaban J connectivity index is 0.00000256. The van der Waals surface area contributed by atoms with Gasteiger partial charge in [0.05, 0.1) is 0 Å². The molecule has 0 bridgehead atoms. The smallest absolute Gasteiger partial charge is 0.221 e. The van der Waals surface area contributed by atoms with Crippen molar-refractivity contribution in [2.45, 2.75) is 25.8 Å². The van der Waals surface area contributed by atoms with Crippen LogP contribution in [0.15, 0.2) is 24.3 Å². The van der Waals surface area contributed by atoms with Crippen molar-refractivity contribution in [1.82, 2.24) is 0 Å². The Morgan fingerprint density at radius 2 is 1.94 bits per heavy atom. The summed E-state index contributed by atoms with van der Waals surface area (Å²) in [6, 6.07) is 7.62. The molecule has 96 valence electrons. The molecule has 1 aromatic carbocycles. The van der Waals surface area contributed by atoms with Gasteiger partial charge in [0.1, 0.15) is 0 Å². The molecule has 0 aliphatic heterocycles. The summed E-state index contributed by atoms with van der Waals surface area (Å²) in [5.74, 6) is -0.0693. The van der Waals surface area contributed by atoms with Crippen molar-refractivity contribution in [3.05, 3.63) is 29.8 Å². The van der Waals surface area contributed by atoms with E-state index in [0.29, 0.717) is 6.54 Å². The van der Waals surface area contributed by atoms with Crippen LogP contribution in [-0.4, -0.2) is 12.5 Å². The molecule has 0 unspecified atom stereocenters. The third-order valence-electron chi connectivity index (χ3n) is 2.38. The molecule has 0 radical (unpaired) electrons. The lowest BCUT2D eigenvalue weighted by Crippen LogP contribution is -2.12. The van der Waals surface area contributed by atoms with Gasteiger partial charge in [0.2, 0.25) is 5.91 Å². The average Bonchev–Trinajstić information content (AvgIpc) is 2.26. The second-order valence-corrected chi connectivity index (χ2v) is 3.84.